The molecule has 1 aromatic carbocycles. The SMILES string of the molecule is CCOC(C)CC(C)OCc1ccccc1. The van der Waals surface area contributed by atoms with Crippen LogP contribution in [0.25, 0.3) is 0 Å². The fourth-order valence-electron chi connectivity index (χ4n) is 1.70. The van der Waals surface area contributed by atoms with Crippen LogP contribution in [0.1, 0.15) is 32.8 Å². The maximum atomic E-state index is 5.77. The third-order valence-corrected chi connectivity index (χ3v) is 2.49. The van der Waals surface area contributed by atoms with E-state index >= 15 is 0 Å². The van der Waals surface area contributed by atoms with E-state index in [2.05, 4.69) is 26.0 Å². The highest BCUT2D eigenvalue weighted by atomic mass is 16.5. The highest BCUT2D eigenvalue weighted by Gasteiger charge is 2.08. The molecule has 0 aliphatic rings. The van der Waals surface area contributed by atoms with E-state index in [1.165, 1.54) is 5.56 Å². The monoisotopic (exact) mass is 222 g/mol. The van der Waals surface area contributed by atoms with E-state index in [0.717, 1.165) is 13.0 Å². The lowest BCUT2D eigenvalue weighted by atomic mass is 10.2. The van der Waals surface area contributed by atoms with Crippen molar-refractivity contribution in [2.24, 2.45) is 0 Å². The Morgan fingerprint density at radius 2 is 1.62 bits per heavy atom. The minimum Gasteiger partial charge on any atom is -0.379 e. The molecule has 0 fully saturated rings. The molecule has 0 heterocycles. The zero-order valence-corrected chi connectivity index (χ0v) is 10.5. The standard InChI is InChI=1S/C14H22O2/c1-4-15-12(2)10-13(3)16-11-14-8-6-5-7-9-14/h5-9,12-13H,4,10-11H2,1-3H3. The second-order valence-electron chi connectivity index (χ2n) is 4.11. The Labute approximate surface area is 98.6 Å². The quantitative estimate of drug-likeness (QED) is 0.704. The molecule has 16 heavy (non-hydrogen) atoms. The van der Waals surface area contributed by atoms with Crippen molar-refractivity contribution >= 4 is 0 Å². The van der Waals surface area contributed by atoms with E-state index in [-0.39, 0.29) is 12.2 Å². The summed E-state index contributed by atoms with van der Waals surface area (Å²) in [5, 5.41) is 0. The molecule has 2 unspecified atom stereocenters. The predicted molar refractivity (Wildman–Crippen MR) is 66.4 cm³/mol. The van der Waals surface area contributed by atoms with E-state index < -0.39 is 0 Å². The third kappa shape index (κ3) is 5.29. The van der Waals surface area contributed by atoms with Gasteiger partial charge in [-0.25, -0.2) is 0 Å². The van der Waals surface area contributed by atoms with E-state index in [4.69, 9.17) is 9.47 Å². The molecule has 90 valence electrons. The maximum Gasteiger partial charge on any atom is 0.0720 e. The second-order valence-corrected chi connectivity index (χ2v) is 4.11. The third-order valence-electron chi connectivity index (χ3n) is 2.49. The van der Waals surface area contributed by atoms with Crippen LogP contribution < -0.4 is 0 Å². The highest BCUT2D eigenvalue weighted by molar-refractivity contribution is 5.13. The predicted octanol–water partition coefficient (Wildman–Crippen LogP) is 3.41. The van der Waals surface area contributed by atoms with Crippen molar-refractivity contribution in [1.82, 2.24) is 0 Å². The molecule has 0 saturated carbocycles. The van der Waals surface area contributed by atoms with Gasteiger partial charge in [-0.2, -0.15) is 0 Å². The van der Waals surface area contributed by atoms with Gasteiger partial charge in [0.25, 0.3) is 0 Å². The zero-order valence-electron chi connectivity index (χ0n) is 10.5. The summed E-state index contributed by atoms with van der Waals surface area (Å²) in [6.45, 7) is 7.66. The van der Waals surface area contributed by atoms with Crippen LogP contribution in [0, 0.1) is 0 Å². The summed E-state index contributed by atoms with van der Waals surface area (Å²) < 4.78 is 11.2. The fraction of sp³-hybridized carbons (Fsp3) is 0.571. The lowest BCUT2D eigenvalue weighted by molar-refractivity contribution is -0.00571. The zero-order chi connectivity index (χ0) is 11.8. The van der Waals surface area contributed by atoms with Crippen LogP contribution in [0.4, 0.5) is 0 Å². The van der Waals surface area contributed by atoms with Gasteiger partial charge in [-0.05, 0) is 32.8 Å². The van der Waals surface area contributed by atoms with Crippen molar-refractivity contribution in [3.8, 4) is 0 Å². The number of hydrogen-bond donors (Lipinski definition) is 0. The molecule has 2 atom stereocenters. The molecule has 2 heteroatoms. The first-order valence-electron chi connectivity index (χ1n) is 5.99. The molecular weight excluding hydrogens is 200 g/mol. The first kappa shape index (κ1) is 13.2. The molecule has 0 amide bonds. The van der Waals surface area contributed by atoms with E-state index in [9.17, 15) is 0 Å². The Bertz CT molecular complexity index is 271. The van der Waals surface area contributed by atoms with Crippen LogP contribution in [0.3, 0.4) is 0 Å². The maximum absolute atomic E-state index is 5.77. The summed E-state index contributed by atoms with van der Waals surface area (Å²) in [7, 11) is 0. The largest absolute Gasteiger partial charge is 0.379 e. The summed E-state index contributed by atoms with van der Waals surface area (Å²) in [5.74, 6) is 0. The Morgan fingerprint density at radius 1 is 1.00 bits per heavy atom. The van der Waals surface area contributed by atoms with Crippen LogP contribution in [0.5, 0.6) is 0 Å². The Kier molecular flexibility index (Phi) is 6.12. The summed E-state index contributed by atoms with van der Waals surface area (Å²) in [6, 6.07) is 10.2. The summed E-state index contributed by atoms with van der Waals surface area (Å²) in [4.78, 5) is 0. The Balaban J connectivity index is 2.22. The first-order valence-corrected chi connectivity index (χ1v) is 5.99. The van der Waals surface area contributed by atoms with Gasteiger partial charge in [-0.15, -0.1) is 0 Å². The summed E-state index contributed by atoms with van der Waals surface area (Å²) >= 11 is 0. The van der Waals surface area contributed by atoms with Crippen molar-refractivity contribution in [3.63, 3.8) is 0 Å². The summed E-state index contributed by atoms with van der Waals surface area (Å²) in [6.07, 6.45) is 1.46. The molecule has 0 aliphatic carbocycles. The van der Waals surface area contributed by atoms with Crippen molar-refractivity contribution in [2.75, 3.05) is 6.61 Å². The molecular formula is C14H22O2. The molecule has 0 bridgehead atoms. The topological polar surface area (TPSA) is 18.5 Å². The molecule has 0 saturated heterocycles. The van der Waals surface area contributed by atoms with Crippen LogP contribution in [0.15, 0.2) is 30.3 Å². The van der Waals surface area contributed by atoms with Gasteiger partial charge in [0.1, 0.15) is 0 Å². The average Bonchev–Trinajstić information content (AvgIpc) is 2.28. The van der Waals surface area contributed by atoms with Gasteiger partial charge in [0.2, 0.25) is 0 Å². The number of hydrogen-bond acceptors (Lipinski definition) is 2. The van der Waals surface area contributed by atoms with Crippen molar-refractivity contribution in [3.05, 3.63) is 35.9 Å². The van der Waals surface area contributed by atoms with Crippen LogP contribution in [-0.4, -0.2) is 18.8 Å². The fourth-order valence-corrected chi connectivity index (χ4v) is 1.70. The van der Waals surface area contributed by atoms with Gasteiger partial charge in [0, 0.05) is 6.61 Å². The van der Waals surface area contributed by atoms with E-state index in [0.29, 0.717) is 6.61 Å². The lowest BCUT2D eigenvalue weighted by Crippen LogP contribution is -2.18. The van der Waals surface area contributed by atoms with Gasteiger partial charge in [0.05, 0.1) is 18.8 Å². The van der Waals surface area contributed by atoms with Crippen LogP contribution >= 0.6 is 0 Å². The average molecular weight is 222 g/mol. The smallest absolute Gasteiger partial charge is 0.0720 e. The van der Waals surface area contributed by atoms with Crippen molar-refractivity contribution in [1.29, 1.82) is 0 Å². The van der Waals surface area contributed by atoms with E-state index in [1.807, 2.05) is 25.1 Å². The normalized spacial score (nSPS) is 14.7. The number of ether oxygens (including phenoxy) is 2. The summed E-state index contributed by atoms with van der Waals surface area (Å²) in [5.41, 5.74) is 1.22. The first-order chi connectivity index (χ1) is 7.72. The molecule has 0 aliphatic heterocycles. The molecule has 0 spiro atoms. The molecule has 1 rings (SSSR count). The number of rotatable bonds is 7. The van der Waals surface area contributed by atoms with Gasteiger partial charge in [-0.3, -0.25) is 0 Å². The molecule has 0 radical (unpaired) electrons. The van der Waals surface area contributed by atoms with Gasteiger partial charge >= 0.3 is 0 Å². The van der Waals surface area contributed by atoms with Crippen LogP contribution in [0.2, 0.25) is 0 Å². The molecule has 0 N–H and O–H groups in total. The molecule has 0 aromatic heterocycles. The minimum absolute atomic E-state index is 0.238. The Morgan fingerprint density at radius 3 is 2.25 bits per heavy atom. The van der Waals surface area contributed by atoms with Crippen molar-refractivity contribution in [2.45, 2.75) is 46.0 Å². The second kappa shape index (κ2) is 7.42. The Hall–Kier alpha value is -0.860. The lowest BCUT2D eigenvalue weighted by Gasteiger charge is -2.18. The van der Waals surface area contributed by atoms with Gasteiger partial charge in [0.15, 0.2) is 0 Å². The van der Waals surface area contributed by atoms with E-state index in [1.54, 1.807) is 0 Å². The van der Waals surface area contributed by atoms with Crippen molar-refractivity contribution < 1.29 is 9.47 Å². The highest BCUT2D eigenvalue weighted by Crippen LogP contribution is 2.09. The van der Waals surface area contributed by atoms with Gasteiger partial charge in [-0.1, -0.05) is 30.3 Å². The number of benzene rings is 1. The minimum atomic E-state index is 0.238. The molecule has 1 aromatic rings. The molecule has 2 nitrogen and oxygen atoms in total. The van der Waals surface area contributed by atoms with Crippen LogP contribution in [-0.2, 0) is 16.1 Å². The van der Waals surface area contributed by atoms with Gasteiger partial charge < -0.3 is 9.47 Å².